The number of carboxylic acid groups (broad SMARTS) is 1. The Morgan fingerprint density at radius 3 is 2.36 bits per heavy atom. The molecule has 0 amide bonds. The van der Waals surface area contributed by atoms with Gasteiger partial charge in [-0.15, -0.1) is 0 Å². The van der Waals surface area contributed by atoms with E-state index in [1.807, 2.05) is 6.07 Å². The van der Waals surface area contributed by atoms with Crippen LogP contribution in [-0.2, 0) is 0 Å². The van der Waals surface area contributed by atoms with Gasteiger partial charge in [-0.1, -0.05) is 0 Å². The van der Waals surface area contributed by atoms with Crippen LogP contribution in [0.4, 0.5) is 11.4 Å². The number of nitrogens with one attached hydrogen (secondary N) is 2. The second-order valence-electron chi connectivity index (χ2n) is 4.53. The van der Waals surface area contributed by atoms with Crippen LogP contribution in [0.5, 0.6) is 11.5 Å². The summed E-state index contributed by atoms with van der Waals surface area (Å²) < 4.78 is 10.5. The van der Waals surface area contributed by atoms with Gasteiger partial charge in [0.25, 0.3) is 0 Å². The third-order valence-corrected chi connectivity index (χ3v) is 3.22. The van der Waals surface area contributed by atoms with Crippen LogP contribution in [-0.4, -0.2) is 23.0 Å². The van der Waals surface area contributed by atoms with Crippen LogP contribution in [0.2, 0.25) is 0 Å². The molecule has 0 atom stereocenters. The minimum absolute atomic E-state index is 0.220. The lowest BCUT2D eigenvalue weighted by atomic mass is 10.2. The van der Waals surface area contributed by atoms with Crippen LogP contribution >= 0.6 is 12.2 Å². The first kappa shape index (κ1) is 14.2. The highest BCUT2D eigenvalue weighted by molar-refractivity contribution is 7.80. The SMILES string of the molecule is O=C(O)c1ccc(NC(=S)Nc2ccc3c(c2)OCO3)cc1. The second kappa shape index (κ2) is 5.90. The summed E-state index contributed by atoms with van der Waals surface area (Å²) in [6.45, 7) is 0.220. The van der Waals surface area contributed by atoms with Crippen molar-refractivity contribution in [1.82, 2.24) is 0 Å². The minimum atomic E-state index is -0.965. The summed E-state index contributed by atoms with van der Waals surface area (Å²) >= 11 is 5.22. The number of ether oxygens (including phenoxy) is 2. The molecule has 7 heteroatoms. The van der Waals surface area contributed by atoms with E-state index in [4.69, 9.17) is 26.8 Å². The maximum absolute atomic E-state index is 10.8. The highest BCUT2D eigenvalue weighted by atomic mass is 32.1. The van der Waals surface area contributed by atoms with E-state index in [1.54, 1.807) is 24.3 Å². The number of carbonyl (C=O) groups is 1. The third kappa shape index (κ3) is 3.09. The topological polar surface area (TPSA) is 79.8 Å². The van der Waals surface area contributed by atoms with Gasteiger partial charge in [0.15, 0.2) is 16.6 Å². The van der Waals surface area contributed by atoms with E-state index in [2.05, 4.69) is 10.6 Å². The van der Waals surface area contributed by atoms with Crippen molar-refractivity contribution in [2.24, 2.45) is 0 Å². The number of rotatable bonds is 3. The molecule has 0 spiro atoms. The van der Waals surface area contributed by atoms with Gasteiger partial charge in [0.2, 0.25) is 6.79 Å². The van der Waals surface area contributed by atoms with Crippen molar-refractivity contribution in [2.75, 3.05) is 17.4 Å². The quantitative estimate of drug-likeness (QED) is 0.751. The van der Waals surface area contributed by atoms with Crippen molar-refractivity contribution in [1.29, 1.82) is 0 Å². The van der Waals surface area contributed by atoms with Gasteiger partial charge < -0.3 is 25.2 Å². The average Bonchev–Trinajstić information content (AvgIpc) is 2.95. The van der Waals surface area contributed by atoms with Crippen LogP contribution in [0.15, 0.2) is 42.5 Å². The van der Waals surface area contributed by atoms with Crippen molar-refractivity contribution in [3.63, 3.8) is 0 Å². The summed E-state index contributed by atoms with van der Waals surface area (Å²) in [5.41, 5.74) is 1.69. The lowest BCUT2D eigenvalue weighted by Gasteiger charge is -2.11. The number of aromatic carboxylic acids is 1. The molecule has 0 bridgehead atoms. The minimum Gasteiger partial charge on any atom is -0.478 e. The molecule has 1 aliphatic rings. The van der Waals surface area contributed by atoms with Crippen LogP contribution in [0, 0.1) is 0 Å². The molecule has 0 fully saturated rings. The number of anilines is 2. The zero-order valence-electron chi connectivity index (χ0n) is 11.3. The molecule has 0 saturated heterocycles. The fourth-order valence-electron chi connectivity index (χ4n) is 1.96. The van der Waals surface area contributed by atoms with Crippen molar-refractivity contribution in [3.8, 4) is 11.5 Å². The van der Waals surface area contributed by atoms with Gasteiger partial charge >= 0.3 is 5.97 Å². The zero-order chi connectivity index (χ0) is 15.5. The van der Waals surface area contributed by atoms with E-state index in [9.17, 15) is 4.79 Å². The first-order chi connectivity index (χ1) is 10.6. The highest BCUT2D eigenvalue weighted by Gasteiger charge is 2.13. The molecule has 0 saturated carbocycles. The van der Waals surface area contributed by atoms with E-state index in [1.165, 1.54) is 12.1 Å². The molecule has 1 heterocycles. The molecular weight excluding hydrogens is 304 g/mol. The van der Waals surface area contributed by atoms with Crippen LogP contribution in [0.1, 0.15) is 10.4 Å². The van der Waals surface area contributed by atoms with Gasteiger partial charge in [-0.3, -0.25) is 0 Å². The lowest BCUT2D eigenvalue weighted by molar-refractivity contribution is 0.0697. The number of thiocarbonyl (C=S) groups is 1. The van der Waals surface area contributed by atoms with Crippen LogP contribution < -0.4 is 20.1 Å². The van der Waals surface area contributed by atoms with Crippen molar-refractivity contribution < 1.29 is 19.4 Å². The Morgan fingerprint density at radius 2 is 1.64 bits per heavy atom. The molecule has 0 aromatic heterocycles. The Balaban J connectivity index is 1.63. The largest absolute Gasteiger partial charge is 0.478 e. The highest BCUT2D eigenvalue weighted by Crippen LogP contribution is 2.34. The van der Waals surface area contributed by atoms with E-state index in [0.717, 1.165) is 5.69 Å². The maximum Gasteiger partial charge on any atom is 0.335 e. The third-order valence-electron chi connectivity index (χ3n) is 3.02. The summed E-state index contributed by atoms with van der Waals surface area (Å²) in [5.74, 6) is 0.403. The van der Waals surface area contributed by atoms with Crippen LogP contribution in [0.3, 0.4) is 0 Å². The van der Waals surface area contributed by atoms with Gasteiger partial charge in [-0.25, -0.2) is 4.79 Å². The first-order valence-electron chi connectivity index (χ1n) is 6.43. The average molecular weight is 316 g/mol. The molecule has 0 unspecified atom stereocenters. The second-order valence-corrected chi connectivity index (χ2v) is 4.94. The molecule has 3 rings (SSSR count). The molecule has 1 aliphatic heterocycles. The summed E-state index contributed by atoms with van der Waals surface area (Å²) in [6, 6.07) is 11.7. The molecule has 0 radical (unpaired) electrons. The van der Waals surface area contributed by atoms with Gasteiger partial charge in [-0.05, 0) is 48.6 Å². The number of hydrogen-bond donors (Lipinski definition) is 3. The number of benzene rings is 2. The number of hydrogen-bond acceptors (Lipinski definition) is 4. The predicted octanol–water partition coefficient (Wildman–Crippen LogP) is 2.92. The van der Waals surface area contributed by atoms with E-state index < -0.39 is 5.97 Å². The fraction of sp³-hybridized carbons (Fsp3) is 0.0667. The van der Waals surface area contributed by atoms with E-state index in [0.29, 0.717) is 22.3 Å². The fourth-order valence-corrected chi connectivity index (χ4v) is 2.20. The van der Waals surface area contributed by atoms with E-state index in [-0.39, 0.29) is 12.4 Å². The first-order valence-corrected chi connectivity index (χ1v) is 6.84. The van der Waals surface area contributed by atoms with E-state index >= 15 is 0 Å². The Kier molecular flexibility index (Phi) is 3.80. The predicted molar refractivity (Wildman–Crippen MR) is 85.8 cm³/mol. The Labute approximate surface area is 131 Å². The standard InChI is InChI=1S/C15H12N2O4S/c18-14(19)9-1-3-10(4-2-9)16-15(22)17-11-5-6-12-13(7-11)21-8-20-12/h1-7H,8H2,(H,18,19)(H2,16,17,22). The van der Waals surface area contributed by atoms with Crippen molar-refractivity contribution in [3.05, 3.63) is 48.0 Å². The maximum atomic E-state index is 10.8. The van der Waals surface area contributed by atoms with Gasteiger partial charge in [0.05, 0.1) is 5.56 Å². The normalized spacial score (nSPS) is 11.8. The summed E-state index contributed by atoms with van der Waals surface area (Å²) in [4.78, 5) is 10.8. The van der Waals surface area contributed by atoms with Gasteiger partial charge in [0.1, 0.15) is 0 Å². The molecule has 2 aromatic rings. The Bertz CT molecular complexity index is 731. The summed E-state index contributed by atoms with van der Waals surface area (Å²) in [5, 5.41) is 15.2. The van der Waals surface area contributed by atoms with Gasteiger partial charge in [0, 0.05) is 17.4 Å². The number of carboxylic acids is 1. The Hall–Kier alpha value is -2.80. The monoisotopic (exact) mass is 316 g/mol. The van der Waals surface area contributed by atoms with Gasteiger partial charge in [-0.2, -0.15) is 0 Å². The summed E-state index contributed by atoms with van der Waals surface area (Å²) in [6.07, 6.45) is 0. The molecular formula is C15H12N2O4S. The van der Waals surface area contributed by atoms with Crippen molar-refractivity contribution in [2.45, 2.75) is 0 Å². The lowest BCUT2D eigenvalue weighted by Crippen LogP contribution is -2.19. The zero-order valence-corrected chi connectivity index (χ0v) is 12.1. The molecule has 6 nitrogen and oxygen atoms in total. The Morgan fingerprint density at radius 1 is 1.00 bits per heavy atom. The molecule has 0 aliphatic carbocycles. The van der Waals surface area contributed by atoms with Crippen LogP contribution in [0.25, 0.3) is 0 Å². The molecule has 2 aromatic carbocycles. The smallest absolute Gasteiger partial charge is 0.335 e. The molecule has 22 heavy (non-hydrogen) atoms. The summed E-state index contributed by atoms with van der Waals surface area (Å²) in [7, 11) is 0. The number of fused-ring (bicyclic) bond motifs is 1. The molecule has 3 N–H and O–H groups in total. The van der Waals surface area contributed by atoms with Crippen molar-refractivity contribution >= 4 is 34.7 Å². The molecule has 112 valence electrons.